The first-order chi connectivity index (χ1) is 37.4. The van der Waals surface area contributed by atoms with Crippen LogP contribution in [0.15, 0.2) is 150 Å². The molecule has 0 fully saturated rings. The van der Waals surface area contributed by atoms with Gasteiger partial charge in [0.25, 0.3) is 0 Å². The van der Waals surface area contributed by atoms with Crippen LogP contribution in [0.3, 0.4) is 0 Å². The maximum atomic E-state index is 9.96. The minimum Gasteiger partial charge on any atom is -0.353 e. The Balaban J connectivity index is 0.000000130. The van der Waals surface area contributed by atoms with Crippen molar-refractivity contribution >= 4 is 165 Å². The van der Waals surface area contributed by atoms with Crippen molar-refractivity contribution in [1.29, 1.82) is 0 Å². The maximum Gasteiger partial charge on any atom is 0.102 e. The maximum absolute atomic E-state index is 9.96. The summed E-state index contributed by atoms with van der Waals surface area (Å²) >= 11 is 15.2. The molecule has 12 heterocycles. The third-order valence-corrected chi connectivity index (χ3v) is 21.4. The molecular formula is C61H54BrFN6S6. The Kier molecular flexibility index (Phi) is 15.8. The molecule has 0 spiro atoms. The summed E-state index contributed by atoms with van der Waals surface area (Å²) in [6.07, 6.45) is 20.7. The van der Waals surface area contributed by atoms with Gasteiger partial charge in [0.2, 0.25) is 0 Å². The highest BCUT2D eigenvalue weighted by Crippen LogP contribution is 2.47. The van der Waals surface area contributed by atoms with Gasteiger partial charge in [0, 0.05) is 68.0 Å². The van der Waals surface area contributed by atoms with E-state index in [0.29, 0.717) is 0 Å². The molecule has 0 saturated heterocycles. The van der Waals surface area contributed by atoms with Crippen molar-refractivity contribution in [1.82, 2.24) is 29.5 Å². The molecule has 6 nitrogen and oxygen atoms in total. The number of benzene rings is 2. The molecule has 14 rings (SSSR count). The standard InChI is InChI=1S/C30H25N3S3.C16H11N3.C14H15BrS3.CH3F/c1-2-3-4-5-10-19-15-26-29(34-19)30-27(35-26)17-28(36-30)33-24-13-7-6-11-20(24)21-16-23(32-18-25(21)33)22-12-8-9-14-31-22;1-2-6-13-11(5-1)12-9-15(18-10-16(12)19-13)14-7-3-4-8-17-14;1-2-3-4-5-6-9-7-10-13(16-9)14-11(17-10)8-12(15)18-14;1-2/h6-9,11-18H,2-5,10H2,1H3;1-10,19H;7-8H,2-6H2,1H3;1H3/i;;;1D. The van der Waals surface area contributed by atoms with Gasteiger partial charge in [0.15, 0.2) is 0 Å². The number of nitrogens with one attached hydrogen (secondary N) is 1. The smallest absolute Gasteiger partial charge is 0.102 e. The number of alkyl halides is 1. The van der Waals surface area contributed by atoms with Crippen LogP contribution in [0.4, 0.5) is 4.39 Å². The zero-order chi connectivity index (χ0) is 52.0. The number of nitrogens with zero attached hydrogens (tertiary/aromatic N) is 5. The molecule has 0 aliphatic rings. The molecule has 0 aliphatic carbocycles. The van der Waals surface area contributed by atoms with Crippen LogP contribution >= 0.6 is 84.0 Å². The number of halogens is 2. The normalized spacial score (nSPS) is 11.7. The summed E-state index contributed by atoms with van der Waals surface area (Å²) in [6.45, 7) is 4.55. The monoisotopic (exact) mass is 1160 g/mol. The largest absolute Gasteiger partial charge is 0.353 e. The Hall–Kier alpha value is -5.71. The van der Waals surface area contributed by atoms with Crippen LogP contribution in [0, 0.1) is 0 Å². The quantitative estimate of drug-likeness (QED) is 0.117. The molecule has 0 aliphatic heterocycles. The topological polar surface area (TPSA) is 72.3 Å². The van der Waals surface area contributed by atoms with Crippen LogP contribution in [-0.2, 0) is 12.8 Å². The average molecular weight is 1160 g/mol. The Bertz CT molecular complexity index is 4200. The van der Waals surface area contributed by atoms with Crippen LogP contribution in [-0.4, -0.2) is 36.6 Å². The average Bonchev–Trinajstić information content (AvgIpc) is 4.46. The minimum absolute atomic E-state index is 0.898. The fourth-order valence-electron chi connectivity index (χ4n) is 9.70. The van der Waals surface area contributed by atoms with E-state index in [1.54, 1.807) is 11.1 Å². The zero-order valence-corrected chi connectivity index (χ0v) is 48.1. The number of rotatable bonds is 13. The second-order valence-corrected chi connectivity index (χ2v) is 26.2. The van der Waals surface area contributed by atoms with Crippen molar-refractivity contribution < 1.29 is 5.76 Å². The summed E-state index contributed by atoms with van der Waals surface area (Å²) in [5, 5.41) is 6.13. The summed E-state index contributed by atoms with van der Waals surface area (Å²) in [4.78, 5) is 24.6. The van der Waals surface area contributed by atoms with Crippen LogP contribution in [0.2, 0.25) is 0 Å². The van der Waals surface area contributed by atoms with Gasteiger partial charge in [-0.2, -0.15) is 0 Å². The molecule has 0 saturated carbocycles. The predicted octanol–water partition coefficient (Wildman–Crippen LogP) is 21.3. The Morgan fingerprint density at radius 1 is 0.493 bits per heavy atom. The summed E-state index contributed by atoms with van der Waals surface area (Å²) in [7, 11) is -1.00. The highest BCUT2D eigenvalue weighted by atomic mass is 79.9. The van der Waals surface area contributed by atoms with Gasteiger partial charge in [-0.3, -0.25) is 28.9 Å². The number of H-pyrrole nitrogens is 1. The molecule has 12 aromatic heterocycles. The third kappa shape index (κ3) is 10.9. The van der Waals surface area contributed by atoms with Gasteiger partial charge < -0.3 is 4.98 Å². The zero-order valence-electron chi connectivity index (χ0n) is 42.6. The lowest BCUT2D eigenvalue weighted by Gasteiger charge is -2.04. The summed E-state index contributed by atoms with van der Waals surface area (Å²) in [5.74, 6) is 0. The molecule has 14 heteroatoms. The van der Waals surface area contributed by atoms with Crippen molar-refractivity contribution in [2.75, 3.05) is 7.15 Å². The van der Waals surface area contributed by atoms with Crippen LogP contribution in [0.1, 0.15) is 76.3 Å². The number of aryl methyl sites for hydroxylation is 2. The summed E-state index contributed by atoms with van der Waals surface area (Å²) in [5.41, 5.74) is 8.17. The third-order valence-electron chi connectivity index (χ3n) is 13.3. The fourth-order valence-corrected chi connectivity index (χ4v) is 18.5. The number of pyridine rings is 4. The number of hydrogen-bond acceptors (Lipinski definition) is 10. The first-order valence-corrected chi connectivity index (χ1v) is 31.1. The molecule has 14 aromatic rings. The van der Waals surface area contributed by atoms with E-state index in [4.69, 9.17) is 6.35 Å². The lowest BCUT2D eigenvalue weighted by molar-refractivity contribution is 0.636. The van der Waals surface area contributed by atoms with Crippen molar-refractivity contribution in [3.63, 3.8) is 0 Å². The van der Waals surface area contributed by atoms with Crippen molar-refractivity contribution in [2.45, 2.75) is 78.1 Å². The van der Waals surface area contributed by atoms with Gasteiger partial charge >= 0.3 is 0 Å². The molecule has 0 unspecified atom stereocenters. The van der Waals surface area contributed by atoms with Gasteiger partial charge in [-0.25, -0.2) is 0 Å². The number of thiophene rings is 6. The Labute approximate surface area is 469 Å². The lowest BCUT2D eigenvalue weighted by Crippen LogP contribution is -1.91. The van der Waals surface area contributed by atoms with Gasteiger partial charge in [-0.15, -0.1) is 68.0 Å². The molecule has 0 amide bonds. The van der Waals surface area contributed by atoms with Crippen LogP contribution in [0.5, 0.6) is 0 Å². The fraction of sp³-hybridized carbons (Fsp3) is 0.213. The van der Waals surface area contributed by atoms with Crippen LogP contribution in [0.25, 0.3) is 109 Å². The van der Waals surface area contributed by atoms with E-state index in [2.05, 4.69) is 133 Å². The lowest BCUT2D eigenvalue weighted by atomic mass is 10.1. The molecule has 75 heavy (non-hydrogen) atoms. The van der Waals surface area contributed by atoms with E-state index in [-0.39, 0.29) is 0 Å². The van der Waals surface area contributed by atoms with Gasteiger partial charge in [0.1, 0.15) is 5.00 Å². The molecule has 0 bridgehead atoms. The SMILES string of the molecule is CCCCCCc1cc2sc3cc(-n4c5ccccc5c5cc(-c6ccccn6)ncc54)sc3c2s1.CCCCCCc1cc2sc3cc(Br)sc3c2s1.[2H]CF.c1ccc(-c2cc3c(cn2)[nH]c2ccccc23)nc1. The first-order valence-electron chi connectivity index (χ1n) is 26.1. The van der Waals surface area contributed by atoms with E-state index in [0.717, 1.165) is 39.3 Å². The van der Waals surface area contributed by atoms with E-state index in [1.165, 1.54) is 143 Å². The van der Waals surface area contributed by atoms with Crippen molar-refractivity contribution in [3.8, 4) is 27.8 Å². The molecule has 0 atom stereocenters. The van der Waals surface area contributed by atoms with Crippen molar-refractivity contribution in [3.05, 3.63) is 160 Å². The Morgan fingerprint density at radius 3 is 1.68 bits per heavy atom. The first kappa shape index (κ1) is 50.1. The Morgan fingerprint density at radius 2 is 1.04 bits per heavy atom. The highest BCUT2D eigenvalue weighted by Gasteiger charge is 2.19. The number of aromatic amines is 1. The number of aromatic nitrogens is 6. The second kappa shape index (κ2) is 23.7. The van der Waals surface area contributed by atoms with E-state index >= 15 is 0 Å². The molecule has 378 valence electrons. The summed E-state index contributed by atoms with van der Waals surface area (Å²) in [6, 6.07) is 42.6. The highest BCUT2D eigenvalue weighted by molar-refractivity contribution is 9.11. The van der Waals surface area contributed by atoms with E-state index in [1.807, 2.05) is 129 Å². The van der Waals surface area contributed by atoms with Gasteiger partial charge in [0.05, 0.1) is 82.8 Å². The predicted molar refractivity (Wildman–Crippen MR) is 333 cm³/mol. The second-order valence-electron chi connectivity index (χ2n) is 18.3. The van der Waals surface area contributed by atoms with E-state index in [9.17, 15) is 4.39 Å². The molecule has 1 N–H and O–H groups in total. The van der Waals surface area contributed by atoms with Crippen LogP contribution < -0.4 is 0 Å². The van der Waals surface area contributed by atoms with Crippen molar-refractivity contribution in [2.24, 2.45) is 0 Å². The summed E-state index contributed by atoms with van der Waals surface area (Å²) < 4.78 is 30.8. The number of unbranched alkanes of at least 4 members (excludes halogenated alkanes) is 6. The molecule has 0 radical (unpaired) electrons. The van der Waals surface area contributed by atoms with Gasteiger partial charge in [-0.05, 0) is 114 Å². The number of fused-ring (bicyclic) bond motifs is 12. The van der Waals surface area contributed by atoms with Gasteiger partial charge in [-0.1, -0.05) is 101 Å². The number of para-hydroxylation sites is 2. The number of hydrogen-bond donors (Lipinski definition) is 1. The molecular weight excluding hydrogens is 1110 g/mol. The molecule has 2 aromatic carbocycles. The minimum atomic E-state index is -1.00. The van der Waals surface area contributed by atoms with E-state index < -0.39 is 7.15 Å².